The highest BCUT2D eigenvalue weighted by Gasteiger charge is 2.27. The molecule has 0 aliphatic heterocycles. The molecule has 172 valence electrons. The number of carbonyl (C=O) groups excluding carboxylic acids is 1. The molecule has 0 bridgehead atoms. The number of benzene rings is 3. The number of methoxy groups -OCH3 is 1. The van der Waals surface area contributed by atoms with Gasteiger partial charge < -0.3 is 4.74 Å². The fourth-order valence-corrected chi connectivity index (χ4v) is 4.80. The van der Waals surface area contributed by atoms with Crippen molar-refractivity contribution in [2.24, 2.45) is 5.10 Å². The van der Waals surface area contributed by atoms with Crippen LogP contribution in [0.2, 0.25) is 0 Å². The van der Waals surface area contributed by atoms with Gasteiger partial charge in [-0.05, 0) is 67.3 Å². The van der Waals surface area contributed by atoms with Crippen LogP contribution in [0.15, 0.2) is 87.7 Å². The van der Waals surface area contributed by atoms with Crippen molar-refractivity contribution in [2.75, 3.05) is 24.2 Å². The Bertz CT molecular complexity index is 1230. The molecule has 0 aliphatic rings. The van der Waals surface area contributed by atoms with Gasteiger partial charge in [-0.1, -0.05) is 29.8 Å². The summed E-state index contributed by atoms with van der Waals surface area (Å²) in [5, 5.41) is 3.95. The van der Waals surface area contributed by atoms with Crippen LogP contribution in [-0.4, -0.2) is 40.4 Å². The summed E-state index contributed by atoms with van der Waals surface area (Å²) in [7, 11) is -2.42. The molecule has 0 saturated carbocycles. The van der Waals surface area contributed by atoms with Crippen LogP contribution in [0.3, 0.4) is 0 Å². The molecule has 3 rings (SSSR count). The van der Waals surface area contributed by atoms with E-state index < -0.39 is 22.5 Å². The van der Waals surface area contributed by atoms with Crippen LogP contribution in [0, 0.1) is 6.92 Å². The summed E-state index contributed by atoms with van der Waals surface area (Å²) in [5.74, 6) is 0.0911. The predicted molar refractivity (Wildman–Crippen MR) is 133 cm³/mol. The largest absolute Gasteiger partial charge is 0.497 e. The molecule has 33 heavy (non-hydrogen) atoms. The van der Waals surface area contributed by atoms with Crippen molar-refractivity contribution >= 4 is 39.6 Å². The van der Waals surface area contributed by atoms with Gasteiger partial charge in [0, 0.05) is 4.90 Å². The third-order valence-electron chi connectivity index (χ3n) is 4.75. The topological polar surface area (TPSA) is 88.1 Å². The van der Waals surface area contributed by atoms with Crippen molar-refractivity contribution in [3.8, 4) is 5.75 Å². The number of nitrogens with one attached hydrogen (secondary N) is 1. The molecule has 3 aromatic rings. The van der Waals surface area contributed by atoms with E-state index >= 15 is 0 Å². The molecular weight excluding hydrogens is 458 g/mol. The summed E-state index contributed by atoms with van der Waals surface area (Å²) in [6.07, 6.45) is 3.38. The fourth-order valence-electron chi connectivity index (χ4n) is 2.97. The molecule has 0 fully saturated rings. The highest BCUT2D eigenvalue weighted by atomic mass is 32.2. The zero-order chi connectivity index (χ0) is 23.8. The molecule has 0 heterocycles. The molecule has 1 N–H and O–H groups in total. The van der Waals surface area contributed by atoms with Gasteiger partial charge >= 0.3 is 0 Å². The standard InChI is InChI=1S/C24H25N3O4S2/c1-18-7-9-20(10-8-18)27(33(29,30)23-13-11-22(32-3)12-14-23)17-24(28)26-25-16-19-5-4-6-21(15-19)31-2/h4-16H,17H2,1-3H3,(H,26,28)/b25-16+. The van der Waals surface area contributed by atoms with Crippen LogP contribution < -0.4 is 14.5 Å². The first kappa shape index (κ1) is 24.3. The van der Waals surface area contributed by atoms with E-state index in [-0.39, 0.29) is 4.90 Å². The zero-order valence-electron chi connectivity index (χ0n) is 18.6. The molecule has 9 heteroatoms. The molecule has 0 saturated heterocycles. The van der Waals surface area contributed by atoms with E-state index in [0.29, 0.717) is 11.4 Å². The summed E-state index contributed by atoms with van der Waals surface area (Å²) < 4.78 is 33.1. The monoisotopic (exact) mass is 483 g/mol. The molecule has 0 spiro atoms. The van der Waals surface area contributed by atoms with E-state index in [1.54, 1.807) is 79.9 Å². The molecule has 1 amide bonds. The van der Waals surface area contributed by atoms with Gasteiger partial charge in [0.2, 0.25) is 0 Å². The quantitative estimate of drug-likeness (QED) is 0.282. The van der Waals surface area contributed by atoms with E-state index in [4.69, 9.17) is 4.74 Å². The van der Waals surface area contributed by atoms with Crippen molar-refractivity contribution in [2.45, 2.75) is 16.7 Å². The number of hydrogen-bond acceptors (Lipinski definition) is 6. The Hall–Kier alpha value is -3.30. The summed E-state index contributed by atoms with van der Waals surface area (Å²) in [6, 6.07) is 20.7. The number of rotatable bonds is 9. The van der Waals surface area contributed by atoms with Gasteiger partial charge in [0.1, 0.15) is 12.3 Å². The maximum absolute atomic E-state index is 13.4. The first-order chi connectivity index (χ1) is 15.8. The molecule has 0 atom stereocenters. The van der Waals surface area contributed by atoms with Crippen molar-refractivity contribution in [1.82, 2.24) is 5.43 Å². The van der Waals surface area contributed by atoms with Gasteiger partial charge in [0.05, 0.1) is 23.9 Å². The second-order valence-electron chi connectivity index (χ2n) is 7.09. The molecule has 7 nitrogen and oxygen atoms in total. The van der Waals surface area contributed by atoms with Gasteiger partial charge in [-0.15, -0.1) is 11.8 Å². The summed E-state index contributed by atoms with van der Waals surface area (Å²) in [6.45, 7) is 1.48. The van der Waals surface area contributed by atoms with Crippen LogP contribution in [0.4, 0.5) is 5.69 Å². The number of aryl methyl sites for hydroxylation is 1. The molecule has 0 aromatic heterocycles. The summed E-state index contributed by atoms with van der Waals surface area (Å²) in [4.78, 5) is 13.7. The Balaban J connectivity index is 1.82. The van der Waals surface area contributed by atoms with E-state index in [1.165, 1.54) is 18.0 Å². The lowest BCUT2D eigenvalue weighted by Crippen LogP contribution is -2.39. The van der Waals surface area contributed by atoms with Crippen LogP contribution in [0.25, 0.3) is 0 Å². The molecule has 0 aliphatic carbocycles. The van der Waals surface area contributed by atoms with Crippen molar-refractivity contribution < 1.29 is 17.9 Å². The normalized spacial score (nSPS) is 11.4. The third-order valence-corrected chi connectivity index (χ3v) is 7.28. The van der Waals surface area contributed by atoms with Crippen LogP contribution >= 0.6 is 11.8 Å². The summed E-state index contributed by atoms with van der Waals surface area (Å²) >= 11 is 1.52. The number of carbonyl (C=O) groups is 1. The van der Waals surface area contributed by atoms with Crippen LogP contribution in [0.1, 0.15) is 11.1 Å². The minimum Gasteiger partial charge on any atom is -0.497 e. The Morgan fingerprint density at radius 3 is 2.42 bits per heavy atom. The number of amides is 1. The Kier molecular flexibility index (Phi) is 8.13. The van der Waals surface area contributed by atoms with Crippen molar-refractivity contribution in [3.63, 3.8) is 0 Å². The second kappa shape index (κ2) is 11.0. The highest BCUT2D eigenvalue weighted by Crippen LogP contribution is 2.25. The Morgan fingerprint density at radius 1 is 1.09 bits per heavy atom. The lowest BCUT2D eigenvalue weighted by molar-refractivity contribution is -0.119. The Morgan fingerprint density at radius 2 is 1.79 bits per heavy atom. The van der Waals surface area contributed by atoms with Gasteiger partial charge in [0.25, 0.3) is 15.9 Å². The molecule has 0 radical (unpaired) electrons. The maximum Gasteiger partial charge on any atom is 0.264 e. The lowest BCUT2D eigenvalue weighted by Gasteiger charge is -2.24. The van der Waals surface area contributed by atoms with Gasteiger partial charge in [-0.25, -0.2) is 13.8 Å². The maximum atomic E-state index is 13.4. The zero-order valence-corrected chi connectivity index (χ0v) is 20.2. The predicted octanol–water partition coefficient (Wildman–Crippen LogP) is 4.07. The van der Waals surface area contributed by atoms with Gasteiger partial charge in [0.15, 0.2) is 0 Å². The van der Waals surface area contributed by atoms with E-state index in [2.05, 4.69) is 10.5 Å². The first-order valence-electron chi connectivity index (χ1n) is 10.0. The molecule has 0 unspecified atom stereocenters. The van der Waals surface area contributed by atoms with Crippen LogP contribution in [-0.2, 0) is 14.8 Å². The minimum absolute atomic E-state index is 0.105. The van der Waals surface area contributed by atoms with Crippen molar-refractivity contribution in [3.05, 3.63) is 83.9 Å². The number of anilines is 1. The fraction of sp³-hybridized carbons (Fsp3) is 0.167. The van der Waals surface area contributed by atoms with E-state index in [9.17, 15) is 13.2 Å². The number of ether oxygens (including phenoxy) is 1. The number of hydrogen-bond donors (Lipinski definition) is 1. The van der Waals surface area contributed by atoms with Gasteiger partial charge in [-0.2, -0.15) is 5.10 Å². The Labute approximate surface area is 198 Å². The second-order valence-corrected chi connectivity index (χ2v) is 9.83. The van der Waals surface area contributed by atoms with E-state index in [1.807, 2.05) is 13.2 Å². The lowest BCUT2D eigenvalue weighted by atomic mass is 10.2. The average Bonchev–Trinajstić information content (AvgIpc) is 2.83. The smallest absolute Gasteiger partial charge is 0.264 e. The minimum atomic E-state index is -3.98. The van der Waals surface area contributed by atoms with Crippen molar-refractivity contribution in [1.29, 1.82) is 0 Å². The SMILES string of the molecule is COc1cccc(/C=N/NC(=O)CN(c2ccc(C)cc2)S(=O)(=O)c2ccc(SC)cc2)c1. The average molecular weight is 484 g/mol. The summed E-state index contributed by atoms with van der Waals surface area (Å²) in [5.41, 5.74) is 4.50. The number of sulfonamides is 1. The van der Waals surface area contributed by atoms with Gasteiger partial charge in [-0.3, -0.25) is 9.10 Å². The highest BCUT2D eigenvalue weighted by molar-refractivity contribution is 7.98. The number of thioether (sulfide) groups is 1. The molecular formula is C24H25N3O4S2. The number of hydrazone groups is 1. The first-order valence-corrected chi connectivity index (χ1v) is 12.7. The molecule has 3 aromatic carbocycles. The number of nitrogens with zero attached hydrogens (tertiary/aromatic N) is 2. The van der Waals surface area contributed by atoms with Crippen LogP contribution in [0.5, 0.6) is 5.75 Å². The third kappa shape index (κ3) is 6.36. The van der Waals surface area contributed by atoms with E-state index in [0.717, 1.165) is 20.3 Å².